The number of unbranched alkanes of at least 4 members (excludes halogenated alkanes) is 1. The summed E-state index contributed by atoms with van der Waals surface area (Å²) < 4.78 is 1.89. The van der Waals surface area contributed by atoms with Crippen molar-refractivity contribution in [2.45, 2.75) is 59.4 Å². The number of aromatic nitrogens is 3. The summed E-state index contributed by atoms with van der Waals surface area (Å²) in [5.74, 6) is 0.577. The van der Waals surface area contributed by atoms with Crippen molar-refractivity contribution >= 4 is 5.91 Å². The zero-order valence-corrected chi connectivity index (χ0v) is 12.4. The maximum atomic E-state index is 11.4. The monoisotopic (exact) mass is 266 g/mol. The van der Waals surface area contributed by atoms with Crippen LogP contribution in [0.1, 0.15) is 52.1 Å². The number of rotatable bonds is 9. The lowest BCUT2D eigenvalue weighted by molar-refractivity contribution is -0.121. The Hall–Kier alpha value is -1.39. The molecule has 1 aromatic heterocycles. The fourth-order valence-electron chi connectivity index (χ4n) is 1.89. The number of aryl methyl sites for hydroxylation is 2. The van der Waals surface area contributed by atoms with Gasteiger partial charge in [0.05, 0.1) is 5.69 Å². The fourth-order valence-corrected chi connectivity index (χ4v) is 1.89. The topological polar surface area (TPSA) is 59.8 Å². The number of carbonyl (C=O) groups excluding carboxylic acids is 1. The molecular formula is C14H26N4O. The van der Waals surface area contributed by atoms with Crippen molar-refractivity contribution in [3.8, 4) is 0 Å². The van der Waals surface area contributed by atoms with Crippen LogP contribution in [0.2, 0.25) is 0 Å². The van der Waals surface area contributed by atoms with Crippen molar-refractivity contribution in [2.75, 3.05) is 6.54 Å². The van der Waals surface area contributed by atoms with Crippen molar-refractivity contribution in [3.63, 3.8) is 0 Å². The van der Waals surface area contributed by atoms with E-state index < -0.39 is 0 Å². The predicted octanol–water partition coefficient (Wildman–Crippen LogP) is 2.17. The van der Waals surface area contributed by atoms with Crippen LogP contribution in [0.3, 0.4) is 0 Å². The molecular weight excluding hydrogens is 240 g/mol. The molecule has 0 aliphatic heterocycles. The molecule has 0 saturated heterocycles. The average Bonchev–Trinajstić information content (AvgIpc) is 2.76. The first-order valence-electron chi connectivity index (χ1n) is 7.27. The van der Waals surface area contributed by atoms with Crippen molar-refractivity contribution in [1.82, 2.24) is 20.3 Å². The molecule has 19 heavy (non-hydrogen) atoms. The van der Waals surface area contributed by atoms with Crippen LogP contribution in [0.15, 0.2) is 6.20 Å². The van der Waals surface area contributed by atoms with E-state index in [9.17, 15) is 4.79 Å². The third kappa shape index (κ3) is 6.94. The molecule has 108 valence electrons. The first-order chi connectivity index (χ1) is 9.11. The van der Waals surface area contributed by atoms with Gasteiger partial charge in [-0.2, -0.15) is 0 Å². The van der Waals surface area contributed by atoms with Crippen LogP contribution in [0.5, 0.6) is 0 Å². The summed E-state index contributed by atoms with van der Waals surface area (Å²) in [5, 5.41) is 11.1. The van der Waals surface area contributed by atoms with E-state index in [4.69, 9.17) is 0 Å². The number of carbonyl (C=O) groups is 1. The highest BCUT2D eigenvalue weighted by atomic mass is 16.1. The van der Waals surface area contributed by atoms with Crippen LogP contribution in [0, 0.1) is 5.92 Å². The second-order valence-corrected chi connectivity index (χ2v) is 5.38. The van der Waals surface area contributed by atoms with Gasteiger partial charge in [0, 0.05) is 25.7 Å². The van der Waals surface area contributed by atoms with Crippen molar-refractivity contribution < 1.29 is 4.79 Å². The van der Waals surface area contributed by atoms with Crippen LogP contribution >= 0.6 is 0 Å². The van der Waals surface area contributed by atoms with Crippen LogP contribution in [-0.4, -0.2) is 27.4 Å². The van der Waals surface area contributed by atoms with Crippen molar-refractivity contribution in [1.29, 1.82) is 0 Å². The third-order valence-electron chi connectivity index (χ3n) is 2.82. The summed E-state index contributed by atoms with van der Waals surface area (Å²) in [4.78, 5) is 11.4. The number of amides is 1. The Morgan fingerprint density at radius 1 is 1.42 bits per heavy atom. The SMILES string of the molecule is CCCc1cn(CCCCNC(=O)CC(C)C)nn1. The Balaban J connectivity index is 2.08. The molecule has 0 unspecified atom stereocenters. The minimum Gasteiger partial charge on any atom is -0.356 e. The normalized spacial score (nSPS) is 10.9. The van der Waals surface area contributed by atoms with E-state index in [1.165, 1.54) is 0 Å². The smallest absolute Gasteiger partial charge is 0.220 e. The first-order valence-corrected chi connectivity index (χ1v) is 7.27. The van der Waals surface area contributed by atoms with E-state index in [1.54, 1.807) is 0 Å². The highest BCUT2D eigenvalue weighted by Crippen LogP contribution is 2.00. The van der Waals surface area contributed by atoms with Crippen LogP contribution in [0.25, 0.3) is 0 Å². The molecule has 0 spiro atoms. The number of hydrogen-bond donors (Lipinski definition) is 1. The summed E-state index contributed by atoms with van der Waals surface area (Å²) in [6, 6.07) is 0. The maximum Gasteiger partial charge on any atom is 0.220 e. The molecule has 1 aromatic rings. The average molecular weight is 266 g/mol. The molecule has 0 atom stereocenters. The molecule has 0 aliphatic rings. The highest BCUT2D eigenvalue weighted by Gasteiger charge is 2.03. The third-order valence-corrected chi connectivity index (χ3v) is 2.82. The largest absolute Gasteiger partial charge is 0.356 e. The lowest BCUT2D eigenvalue weighted by atomic mass is 10.1. The van der Waals surface area contributed by atoms with Gasteiger partial charge in [-0.3, -0.25) is 9.48 Å². The molecule has 0 radical (unpaired) electrons. The molecule has 1 amide bonds. The van der Waals surface area contributed by atoms with Gasteiger partial charge in [0.2, 0.25) is 5.91 Å². The molecule has 0 fully saturated rings. The van der Waals surface area contributed by atoms with Gasteiger partial charge in [0.25, 0.3) is 0 Å². The Bertz CT molecular complexity index is 373. The minimum atomic E-state index is 0.154. The number of hydrogen-bond acceptors (Lipinski definition) is 3. The highest BCUT2D eigenvalue weighted by molar-refractivity contribution is 5.75. The maximum absolute atomic E-state index is 11.4. The van der Waals surface area contributed by atoms with Gasteiger partial charge < -0.3 is 5.32 Å². The Kier molecular flexibility index (Phi) is 7.15. The van der Waals surface area contributed by atoms with Gasteiger partial charge in [0.15, 0.2) is 0 Å². The summed E-state index contributed by atoms with van der Waals surface area (Å²) in [5.41, 5.74) is 1.06. The Morgan fingerprint density at radius 2 is 2.21 bits per heavy atom. The van der Waals surface area contributed by atoms with Crippen molar-refractivity contribution in [2.24, 2.45) is 5.92 Å². The molecule has 5 nitrogen and oxygen atoms in total. The van der Waals surface area contributed by atoms with Crippen molar-refractivity contribution in [3.05, 3.63) is 11.9 Å². The van der Waals surface area contributed by atoms with Gasteiger partial charge in [-0.1, -0.05) is 32.4 Å². The first kappa shape index (κ1) is 15.7. The Labute approximate surface area is 115 Å². The van der Waals surface area contributed by atoms with Crippen LogP contribution in [-0.2, 0) is 17.8 Å². The van der Waals surface area contributed by atoms with E-state index in [0.29, 0.717) is 12.3 Å². The van der Waals surface area contributed by atoms with E-state index in [-0.39, 0.29) is 5.91 Å². The fraction of sp³-hybridized carbons (Fsp3) is 0.786. The molecule has 5 heteroatoms. The summed E-state index contributed by atoms with van der Waals surface area (Å²) in [6.45, 7) is 7.87. The summed E-state index contributed by atoms with van der Waals surface area (Å²) >= 11 is 0. The summed E-state index contributed by atoms with van der Waals surface area (Å²) in [7, 11) is 0. The van der Waals surface area contributed by atoms with Gasteiger partial charge in [-0.05, 0) is 25.2 Å². The second-order valence-electron chi connectivity index (χ2n) is 5.38. The van der Waals surface area contributed by atoms with Crippen LogP contribution < -0.4 is 5.32 Å². The van der Waals surface area contributed by atoms with Gasteiger partial charge >= 0.3 is 0 Å². The van der Waals surface area contributed by atoms with Gasteiger partial charge in [0.1, 0.15) is 0 Å². The standard InChI is InChI=1S/C14H26N4O/c1-4-7-13-11-18(17-16-13)9-6-5-8-15-14(19)10-12(2)3/h11-12H,4-10H2,1-3H3,(H,15,19). The van der Waals surface area contributed by atoms with Gasteiger partial charge in [-0.15, -0.1) is 5.10 Å². The van der Waals surface area contributed by atoms with Crippen LogP contribution in [0.4, 0.5) is 0 Å². The Morgan fingerprint density at radius 3 is 2.89 bits per heavy atom. The summed E-state index contributed by atoms with van der Waals surface area (Å²) in [6.07, 6.45) is 6.71. The predicted molar refractivity (Wildman–Crippen MR) is 75.7 cm³/mol. The molecule has 1 N–H and O–H groups in total. The molecule has 0 saturated carbocycles. The van der Waals surface area contributed by atoms with E-state index in [2.05, 4.69) is 36.4 Å². The second kappa shape index (κ2) is 8.67. The molecule has 0 aliphatic carbocycles. The molecule has 1 rings (SSSR count). The number of nitrogens with zero attached hydrogens (tertiary/aromatic N) is 3. The van der Waals surface area contributed by atoms with E-state index in [0.717, 1.165) is 44.5 Å². The molecule has 0 aromatic carbocycles. The molecule has 1 heterocycles. The minimum absolute atomic E-state index is 0.154. The lowest BCUT2D eigenvalue weighted by Gasteiger charge is -2.06. The zero-order valence-electron chi connectivity index (χ0n) is 12.4. The molecule has 0 bridgehead atoms. The number of nitrogens with one attached hydrogen (secondary N) is 1. The zero-order chi connectivity index (χ0) is 14.1. The van der Waals surface area contributed by atoms with E-state index >= 15 is 0 Å². The lowest BCUT2D eigenvalue weighted by Crippen LogP contribution is -2.25. The van der Waals surface area contributed by atoms with E-state index in [1.807, 2.05) is 10.9 Å². The quantitative estimate of drug-likeness (QED) is 0.697. The van der Waals surface area contributed by atoms with Gasteiger partial charge in [-0.25, -0.2) is 0 Å².